The molecule has 3 rings (SSSR count). The SMILES string of the molecule is CC1CC(C)CN(CCNC(=O)CCCc2ncc(-c3ccccc3)o2)C1. The van der Waals surface area contributed by atoms with E-state index in [-0.39, 0.29) is 5.91 Å². The van der Waals surface area contributed by atoms with Crippen LogP contribution in [0.1, 0.15) is 39.0 Å². The molecule has 2 unspecified atom stereocenters. The Balaban J connectivity index is 1.32. The van der Waals surface area contributed by atoms with Crippen LogP contribution in [0.15, 0.2) is 40.9 Å². The number of nitrogens with one attached hydrogen (secondary N) is 1. The molecule has 2 aromatic rings. The summed E-state index contributed by atoms with van der Waals surface area (Å²) in [5.41, 5.74) is 1.02. The molecular weight excluding hydrogens is 338 g/mol. The van der Waals surface area contributed by atoms with Crippen LogP contribution < -0.4 is 5.32 Å². The van der Waals surface area contributed by atoms with Gasteiger partial charge in [-0.05, 0) is 24.7 Å². The zero-order valence-electron chi connectivity index (χ0n) is 16.5. The molecule has 2 heterocycles. The highest BCUT2D eigenvalue weighted by atomic mass is 16.4. The maximum atomic E-state index is 12.0. The van der Waals surface area contributed by atoms with Crippen molar-refractivity contribution in [2.75, 3.05) is 26.2 Å². The second-order valence-corrected chi connectivity index (χ2v) is 7.89. The summed E-state index contributed by atoms with van der Waals surface area (Å²) in [6.45, 7) is 8.60. The molecule has 1 aliphatic rings. The van der Waals surface area contributed by atoms with Crippen molar-refractivity contribution in [2.24, 2.45) is 11.8 Å². The number of piperidine rings is 1. The largest absolute Gasteiger partial charge is 0.441 e. The predicted molar refractivity (Wildman–Crippen MR) is 107 cm³/mol. The molecule has 0 radical (unpaired) electrons. The van der Waals surface area contributed by atoms with Crippen molar-refractivity contribution in [1.82, 2.24) is 15.2 Å². The molecule has 5 heteroatoms. The Morgan fingerprint density at radius 3 is 2.70 bits per heavy atom. The van der Waals surface area contributed by atoms with E-state index < -0.39 is 0 Å². The standard InChI is InChI=1S/C22H31N3O2/c1-17-13-18(2)16-25(15-17)12-11-23-21(26)9-6-10-22-24-14-20(27-22)19-7-4-3-5-8-19/h3-5,7-8,14,17-18H,6,9-13,15-16H2,1-2H3,(H,23,26). The molecule has 0 aliphatic carbocycles. The number of nitrogens with zero attached hydrogens (tertiary/aromatic N) is 2. The van der Waals surface area contributed by atoms with E-state index in [9.17, 15) is 4.79 Å². The van der Waals surface area contributed by atoms with Crippen molar-refractivity contribution in [3.05, 3.63) is 42.4 Å². The number of likely N-dealkylation sites (tertiary alicyclic amines) is 1. The summed E-state index contributed by atoms with van der Waals surface area (Å²) in [6, 6.07) is 9.94. The summed E-state index contributed by atoms with van der Waals surface area (Å²) in [5.74, 6) is 3.10. The van der Waals surface area contributed by atoms with Crippen LogP contribution in [-0.4, -0.2) is 42.0 Å². The number of hydrogen-bond acceptors (Lipinski definition) is 4. The van der Waals surface area contributed by atoms with Crippen molar-refractivity contribution in [1.29, 1.82) is 0 Å². The van der Waals surface area contributed by atoms with Gasteiger partial charge in [0.25, 0.3) is 0 Å². The van der Waals surface area contributed by atoms with E-state index in [0.29, 0.717) is 18.7 Å². The third-order valence-electron chi connectivity index (χ3n) is 5.10. The minimum absolute atomic E-state index is 0.114. The van der Waals surface area contributed by atoms with Crippen molar-refractivity contribution in [3.8, 4) is 11.3 Å². The first-order chi connectivity index (χ1) is 13.1. The summed E-state index contributed by atoms with van der Waals surface area (Å²) >= 11 is 0. The fraction of sp³-hybridized carbons (Fsp3) is 0.545. The number of aryl methyl sites for hydroxylation is 1. The molecule has 1 N–H and O–H groups in total. The van der Waals surface area contributed by atoms with Crippen LogP contribution in [0, 0.1) is 11.8 Å². The Kier molecular flexibility index (Phi) is 7.04. The lowest BCUT2D eigenvalue weighted by atomic mass is 9.92. The lowest BCUT2D eigenvalue weighted by Crippen LogP contribution is -2.42. The smallest absolute Gasteiger partial charge is 0.220 e. The first-order valence-corrected chi connectivity index (χ1v) is 10.1. The molecule has 1 fully saturated rings. The van der Waals surface area contributed by atoms with E-state index in [1.807, 2.05) is 30.3 Å². The average Bonchev–Trinajstić information content (AvgIpc) is 3.11. The lowest BCUT2D eigenvalue weighted by Gasteiger charge is -2.34. The molecule has 146 valence electrons. The molecule has 0 bridgehead atoms. The van der Waals surface area contributed by atoms with Gasteiger partial charge in [0.2, 0.25) is 5.91 Å². The third-order valence-corrected chi connectivity index (χ3v) is 5.10. The Labute approximate surface area is 162 Å². The van der Waals surface area contributed by atoms with E-state index in [1.54, 1.807) is 6.20 Å². The number of oxazole rings is 1. The van der Waals surface area contributed by atoms with Gasteiger partial charge in [0.15, 0.2) is 11.7 Å². The quantitative estimate of drug-likeness (QED) is 0.770. The van der Waals surface area contributed by atoms with Crippen molar-refractivity contribution in [2.45, 2.75) is 39.5 Å². The maximum Gasteiger partial charge on any atom is 0.220 e. The third kappa shape index (κ3) is 6.21. The number of benzene rings is 1. The fourth-order valence-corrected chi connectivity index (χ4v) is 3.98. The molecule has 1 amide bonds. The fourth-order valence-electron chi connectivity index (χ4n) is 3.98. The molecule has 5 nitrogen and oxygen atoms in total. The summed E-state index contributed by atoms with van der Waals surface area (Å²) in [6.07, 6.45) is 5.01. The summed E-state index contributed by atoms with van der Waals surface area (Å²) in [4.78, 5) is 18.8. The van der Waals surface area contributed by atoms with Gasteiger partial charge < -0.3 is 14.6 Å². The van der Waals surface area contributed by atoms with Crippen LogP contribution in [0.25, 0.3) is 11.3 Å². The summed E-state index contributed by atoms with van der Waals surface area (Å²) in [7, 11) is 0. The van der Waals surface area contributed by atoms with Crippen LogP contribution in [-0.2, 0) is 11.2 Å². The van der Waals surface area contributed by atoms with Gasteiger partial charge >= 0.3 is 0 Å². The molecule has 1 aliphatic heterocycles. The normalized spacial score (nSPS) is 20.5. The van der Waals surface area contributed by atoms with Gasteiger partial charge in [-0.1, -0.05) is 44.2 Å². The van der Waals surface area contributed by atoms with Gasteiger partial charge in [0, 0.05) is 44.6 Å². The highest BCUT2D eigenvalue weighted by Crippen LogP contribution is 2.21. The molecule has 0 saturated carbocycles. The molecule has 27 heavy (non-hydrogen) atoms. The topological polar surface area (TPSA) is 58.4 Å². The highest BCUT2D eigenvalue weighted by molar-refractivity contribution is 5.75. The van der Waals surface area contributed by atoms with Gasteiger partial charge in [-0.2, -0.15) is 0 Å². The summed E-state index contributed by atoms with van der Waals surface area (Å²) in [5, 5.41) is 3.05. The number of aromatic nitrogens is 1. The number of amides is 1. The van der Waals surface area contributed by atoms with Gasteiger partial charge in [-0.25, -0.2) is 4.98 Å². The monoisotopic (exact) mass is 369 g/mol. The lowest BCUT2D eigenvalue weighted by molar-refractivity contribution is -0.121. The zero-order valence-corrected chi connectivity index (χ0v) is 16.5. The second kappa shape index (κ2) is 9.70. The highest BCUT2D eigenvalue weighted by Gasteiger charge is 2.21. The van der Waals surface area contributed by atoms with E-state index >= 15 is 0 Å². The summed E-state index contributed by atoms with van der Waals surface area (Å²) < 4.78 is 5.78. The van der Waals surface area contributed by atoms with Crippen LogP contribution in [0.5, 0.6) is 0 Å². The van der Waals surface area contributed by atoms with Gasteiger partial charge in [0.1, 0.15) is 0 Å². The van der Waals surface area contributed by atoms with Crippen molar-refractivity contribution >= 4 is 5.91 Å². The van der Waals surface area contributed by atoms with Gasteiger partial charge in [-0.3, -0.25) is 4.79 Å². The van der Waals surface area contributed by atoms with E-state index in [0.717, 1.165) is 55.8 Å². The van der Waals surface area contributed by atoms with Crippen molar-refractivity contribution in [3.63, 3.8) is 0 Å². The predicted octanol–water partition coefficient (Wildman–Crippen LogP) is 3.76. The number of hydrogen-bond donors (Lipinski definition) is 1. The van der Waals surface area contributed by atoms with Crippen LogP contribution in [0.4, 0.5) is 0 Å². The van der Waals surface area contributed by atoms with Crippen LogP contribution in [0.3, 0.4) is 0 Å². The van der Waals surface area contributed by atoms with E-state index in [4.69, 9.17) is 4.42 Å². The molecule has 2 atom stereocenters. The average molecular weight is 370 g/mol. The van der Waals surface area contributed by atoms with Crippen molar-refractivity contribution < 1.29 is 9.21 Å². The van der Waals surface area contributed by atoms with Crippen LogP contribution >= 0.6 is 0 Å². The Hall–Kier alpha value is -2.14. The zero-order chi connectivity index (χ0) is 19.1. The van der Waals surface area contributed by atoms with Gasteiger partial charge in [0.05, 0.1) is 6.20 Å². The minimum Gasteiger partial charge on any atom is -0.441 e. The number of carbonyl (C=O) groups is 1. The first kappa shape index (κ1) is 19.6. The van der Waals surface area contributed by atoms with Gasteiger partial charge in [-0.15, -0.1) is 0 Å². The van der Waals surface area contributed by atoms with Crippen LogP contribution in [0.2, 0.25) is 0 Å². The first-order valence-electron chi connectivity index (χ1n) is 10.1. The maximum absolute atomic E-state index is 12.0. The van der Waals surface area contributed by atoms with E-state index in [1.165, 1.54) is 6.42 Å². The molecular formula is C22H31N3O2. The molecule has 1 aromatic heterocycles. The molecule has 1 saturated heterocycles. The minimum atomic E-state index is 0.114. The number of rotatable bonds is 8. The van der Waals surface area contributed by atoms with E-state index in [2.05, 4.69) is 29.0 Å². The number of carbonyl (C=O) groups excluding carboxylic acids is 1. The Bertz CT molecular complexity index is 703. The second-order valence-electron chi connectivity index (χ2n) is 7.89. The Morgan fingerprint density at radius 2 is 1.96 bits per heavy atom. The molecule has 0 spiro atoms. The molecule has 1 aromatic carbocycles. The Morgan fingerprint density at radius 1 is 1.22 bits per heavy atom.